The molecule has 0 saturated heterocycles. The first kappa shape index (κ1) is 17.7. The van der Waals surface area contributed by atoms with E-state index in [4.69, 9.17) is 9.84 Å². The number of hydrogen-bond acceptors (Lipinski definition) is 3. The number of nitrogens with zero attached hydrogens (tertiary/aromatic N) is 1. The number of methoxy groups -OCH3 is 1. The monoisotopic (exact) mass is 327 g/mol. The maximum atomic E-state index is 12.4. The van der Waals surface area contributed by atoms with E-state index in [2.05, 4.69) is 0 Å². The molecule has 2 rings (SSSR count). The standard InChI is InChI=1S/C19H21NO4/c1-20(12-14-6-8-17(9-7-14)19(22)23)18(21)11-15-4-3-5-16(10-15)13-24-2/h3-10H,11-13H2,1-2H3,(H,22,23). The molecule has 2 aromatic carbocycles. The Morgan fingerprint density at radius 2 is 1.71 bits per heavy atom. The smallest absolute Gasteiger partial charge is 0.335 e. The molecule has 1 amide bonds. The first-order chi connectivity index (χ1) is 11.5. The Morgan fingerprint density at radius 3 is 2.33 bits per heavy atom. The average molecular weight is 327 g/mol. The van der Waals surface area contributed by atoms with Crippen LogP contribution in [0.25, 0.3) is 0 Å². The van der Waals surface area contributed by atoms with Crippen LogP contribution in [-0.2, 0) is 29.1 Å². The zero-order chi connectivity index (χ0) is 17.5. The van der Waals surface area contributed by atoms with Crippen molar-refractivity contribution in [2.24, 2.45) is 0 Å². The van der Waals surface area contributed by atoms with Crippen LogP contribution in [0.15, 0.2) is 48.5 Å². The van der Waals surface area contributed by atoms with Crippen molar-refractivity contribution in [1.29, 1.82) is 0 Å². The van der Waals surface area contributed by atoms with Gasteiger partial charge in [-0.2, -0.15) is 0 Å². The molecule has 5 heteroatoms. The fourth-order valence-corrected chi connectivity index (χ4v) is 2.42. The number of carboxylic acid groups (broad SMARTS) is 1. The third kappa shape index (κ3) is 4.93. The largest absolute Gasteiger partial charge is 0.478 e. The summed E-state index contributed by atoms with van der Waals surface area (Å²) in [5, 5.41) is 8.90. The first-order valence-corrected chi connectivity index (χ1v) is 7.62. The second-order valence-corrected chi connectivity index (χ2v) is 5.68. The molecule has 5 nitrogen and oxygen atoms in total. The normalized spacial score (nSPS) is 10.4. The van der Waals surface area contributed by atoms with Crippen LogP contribution in [0.3, 0.4) is 0 Å². The SMILES string of the molecule is COCc1cccc(CC(=O)N(C)Cc2ccc(C(=O)O)cc2)c1. The van der Waals surface area contributed by atoms with Crippen molar-refractivity contribution in [3.05, 3.63) is 70.8 Å². The van der Waals surface area contributed by atoms with Crippen LogP contribution < -0.4 is 0 Å². The Morgan fingerprint density at radius 1 is 1.04 bits per heavy atom. The minimum absolute atomic E-state index is 0.00637. The number of amides is 1. The summed E-state index contributed by atoms with van der Waals surface area (Å²) in [6, 6.07) is 14.3. The summed E-state index contributed by atoms with van der Waals surface area (Å²) in [6.07, 6.45) is 0.321. The average Bonchev–Trinajstić information content (AvgIpc) is 2.56. The molecule has 0 atom stereocenters. The molecular weight excluding hydrogens is 306 g/mol. The topological polar surface area (TPSA) is 66.8 Å². The Kier molecular flexibility index (Phi) is 6.09. The van der Waals surface area contributed by atoms with Gasteiger partial charge in [0.1, 0.15) is 0 Å². The van der Waals surface area contributed by atoms with Gasteiger partial charge in [0.25, 0.3) is 0 Å². The van der Waals surface area contributed by atoms with Gasteiger partial charge in [0, 0.05) is 20.7 Å². The van der Waals surface area contributed by atoms with Crippen LogP contribution in [0.2, 0.25) is 0 Å². The lowest BCUT2D eigenvalue weighted by Crippen LogP contribution is -2.27. The van der Waals surface area contributed by atoms with Gasteiger partial charge in [-0.1, -0.05) is 36.4 Å². The van der Waals surface area contributed by atoms with Gasteiger partial charge in [0.2, 0.25) is 5.91 Å². The number of carbonyl (C=O) groups is 2. The third-order valence-electron chi connectivity index (χ3n) is 3.70. The molecule has 2 aromatic rings. The van der Waals surface area contributed by atoms with Gasteiger partial charge in [-0.15, -0.1) is 0 Å². The summed E-state index contributed by atoms with van der Waals surface area (Å²) >= 11 is 0. The van der Waals surface area contributed by atoms with E-state index in [1.54, 1.807) is 43.3 Å². The van der Waals surface area contributed by atoms with Gasteiger partial charge >= 0.3 is 5.97 Å². The summed E-state index contributed by atoms with van der Waals surface area (Å²) in [4.78, 5) is 24.8. The second kappa shape index (κ2) is 8.26. The van der Waals surface area contributed by atoms with E-state index in [0.29, 0.717) is 19.6 Å². The van der Waals surface area contributed by atoms with Crippen LogP contribution in [0.5, 0.6) is 0 Å². The Bertz CT molecular complexity index is 710. The molecular formula is C19H21NO4. The van der Waals surface area contributed by atoms with Crippen molar-refractivity contribution in [1.82, 2.24) is 4.90 Å². The van der Waals surface area contributed by atoms with E-state index in [9.17, 15) is 9.59 Å². The third-order valence-corrected chi connectivity index (χ3v) is 3.70. The lowest BCUT2D eigenvalue weighted by molar-refractivity contribution is -0.129. The maximum Gasteiger partial charge on any atom is 0.335 e. The molecule has 126 valence electrons. The summed E-state index contributed by atoms with van der Waals surface area (Å²) in [5.74, 6) is -0.950. The molecule has 0 radical (unpaired) electrons. The minimum Gasteiger partial charge on any atom is -0.478 e. The molecule has 0 saturated carbocycles. The van der Waals surface area contributed by atoms with E-state index in [1.165, 1.54) is 0 Å². The van der Waals surface area contributed by atoms with Crippen molar-refractivity contribution >= 4 is 11.9 Å². The number of aromatic carboxylic acids is 1. The Balaban J connectivity index is 1.96. The zero-order valence-electron chi connectivity index (χ0n) is 13.9. The van der Waals surface area contributed by atoms with E-state index in [1.807, 2.05) is 24.3 Å². The van der Waals surface area contributed by atoms with Crippen molar-refractivity contribution in [3.63, 3.8) is 0 Å². The fourth-order valence-electron chi connectivity index (χ4n) is 2.42. The first-order valence-electron chi connectivity index (χ1n) is 7.62. The minimum atomic E-state index is -0.957. The molecule has 0 aromatic heterocycles. The molecule has 0 fully saturated rings. The van der Waals surface area contributed by atoms with Gasteiger partial charge in [0.05, 0.1) is 18.6 Å². The van der Waals surface area contributed by atoms with Crippen molar-refractivity contribution < 1.29 is 19.4 Å². The van der Waals surface area contributed by atoms with Crippen molar-refractivity contribution in [2.45, 2.75) is 19.6 Å². The highest BCUT2D eigenvalue weighted by molar-refractivity contribution is 5.87. The lowest BCUT2D eigenvalue weighted by Gasteiger charge is -2.17. The number of ether oxygens (including phenoxy) is 1. The van der Waals surface area contributed by atoms with Gasteiger partial charge in [-0.05, 0) is 28.8 Å². The second-order valence-electron chi connectivity index (χ2n) is 5.68. The van der Waals surface area contributed by atoms with Gasteiger partial charge < -0.3 is 14.7 Å². The summed E-state index contributed by atoms with van der Waals surface area (Å²) in [7, 11) is 3.38. The van der Waals surface area contributed by atoms with E-state index >= 15 is 0 Å². The molecule has 0 bridgehead atoms. The molecule has 0 heterocycles. The Labute approximate surface area is 141 Å². The number of likely N-dealkylation sites (N-methyl/N-ethyl adjacent to an activating group) is 1. The predicted molar refractivity (Wildman–Crippen MR) is 90.7 cm³/mol. The van der Waals surface area contributed by atoms with Crippen LogP contribution in [-0.4, -0.2) is 36.0 Å². The highest BCUT2D eigenvalue weighted by atomic mass is 16.5. The molecule has 0 aliphatic heterocycles. The van der Waals surface area contributed by atoms with Crippen LogP contribution in [0.4, 0.5) is 0 Å². The molecule has 0 spiro atoms. The zero-order valence-corrected chi connectivity index (χ0v) is 13.9. The summed E-state index contributed by atoms with van der Waals surface area (Å²) < 4.78 is 5.10. The van der Waals surface area contributed by atoms with Crippen LogP contribution >= 0.6 is 0 Å². The van der Waals surface area contributed by atoms with E-state index in [-0.39, 0.29) is 11.5 Å². The number of rotatable bonds is 7. The highest BCUT2D eigenvalue weighted by Gasteiger charge is 2.11. The van der Waals surface area contributed by atoms with Gasteiger partial charge in [-0.3, -0.25) is 4.79 Å². The Hall–Kier alpha value is -2.66. The predicted octanol–water partition coefficient (Wildman–Crippen LogP) is 2.73. The molecule has 0 aliphatic carbocycles. The van der Waals surface area contributed by atoms with E-state index < -0.39 is 5.97 Å². The quantitative estimate of drug-likeness (QED) is 0.849. The van der Waals surface area contributed by atoms with Crippen molar-refractivity contribution in [2.75, 3.05) is 14.2 Å². The molecule has 1 N–H and O–H groups in total. The number of benzene rings is 2. The molecule has 0 unspecified atom stereocenters. The van der Waals surface area contributed by atoms with Gasteiger partial charge in [0.15, 0.2) is 0 Å². The molecule has 0 aliphatic rings. The van der Waals surface area contributed by atoms with Crippen LogP contribution in [0, 0.1) is 0 Å². The maximum absolute atomic E-state index is 12.4. The van der Waals surface area contributed by atoms with Crippen molar-refractivity contribution in [3.8, 4) is 0 Å². The number of carbonyl (C=O) groups excluding carboxylic acids is 1. The summed E-state index contributed by atoms with van der Waals surface area (Å²) in [5.41, 5.74) is 3.11. The number of hydrogen-bond donors (Lipinski definition) is 1. The summed E-state index contributed by atoms with van der Waals surface area (Å²) in [6.45, 7) is 0.963. The fraction of sp³-hybridized carbons (Fsp3) is 0.263. The number of carboxylic acids is 1. The van der Waals surface area contributed by atoms with Gasteiger partial charge in [-0.25, -0.2) is 4.79 Å². The molecule has 24 heavy (non-hydrogen) atoms. The lowest BCUT2D eigenvalue weighted by atomic mass is 10.1. The van der Waals surface area contributed by atoms with Crippen LogP contribution in [0.1, 0.15) is 27.0 Å². The van der Waals surface area contributed by atoms with E-state index in [0.717, 1.165) is 16.7 Å². The highest BCUT2D eigenvalue weighted by Crippen LogP contribution is 2.11.